The fourth-order valence-electron chi connectivity index (χ4n) is 2.43. The SMILES string of the molecule is CCCCCCCCCC(=O)NN=C1CCN(C)CC1. The van der Waals surface area contributed by atoms with Crippen LogP contribution in [-0.2, 0) is 4.79 Å². The highest BCUT2D eigenvalue weighted by molar-refractivity contribution is 5.87. The van der Waals surface area contributed by atoms with E-state index in [-0.39, 0.29) is 5.91 Å². The maximum absolute atomic E-state index is 11.7. The van der Waals surface area contributed by atoms with E-state index in [0.717, 1.165) is 38.1 Å². The Kier molecular flexibility index (Phi) is 9.29. The first-order valence-electron chi connectivity index (χ1n) is 8.25. The van der Waals surface area contributed by atoms with Crippen LogP contribution in [0.1, 0.15) is 71.1 Å². The Balaban J connectivity index is 1.99. The van der Waals surface area contributed by atoms with Crippen LogP contribution in [-0.4, -0.2) is 36.7 Å². The first-order chi connectivity index (χ1) is 9.72. The van der Waals surface area contributed by atoms with Gasteiger partial charge in [-0.3, -0.25) is 4.79 Å². The molecule has 0 bridgehead atoms. The van der Waals surface area contributed by atoms with Gasteiger partial charge in [-0.15, -0.1) is 0 Å². The summed E-state index contributed by atoms with van der Waals surface area (Å²) in [5, 5.41) is 4.25. The van der Waals surface area contributed by atoms with Crippen molar-refractivity contribution < 1.29 is 4.79 Å². The third-order valence-corrected chi connectivity index (χ3v) is 3.91. The molecule has 4 nitrogen and oxygen atoms in total. The molecule has 0 atom stereocenters. The summed E-state index contributed by atoms with van der Waals surface area (Å²) in [5.41, 5.74) is 3.84. The van der Waals surface area contributed by atoms with Crippen LogP contribution in [0, 0.1) is 0 Å². The molecule has 1 aliphatic heterocycles. The highest BCUT2D eigenvalue weighted by Gasteiger charge is 2.11. The van der Waals surface area contributed by atoms with Crippen molar-refractivity contribution in [1.82, 2.24) is 10.3 Å². The molecular weight excluding hydrogens is 250 g/mol. The number of hydrazone groups is 1. The molecule has 0 saturated carbocycles. The van der Waals surface area contributed by atoms with E-state index < -0.39 is 0 Å². The summed E-state index contributed by atoms with van der Waals surface area (Å²) in [4.78, 5) is 13.9. The highest BCUT2D eigenvalue weighted by atomic mass is 16.2. The van der Waals surface area contributed by atoms with Crippen LogP contribution >= 0.6 is 0 Å². The molecule has 1 amide bonds. The van der Waals surface area contributed by atoms with E-state index in [0.29, 0.717) is 6.42 Å². The number of amides is 1. The van der Waals surface area contributed by atoms with Gasteiger partial charge in [0.05, 0.1) is 0 Å². The number of carbonyl (C=O) groups is 1. The van der Waals surface area contributed by atoms with E-state index >= 15 is 0 Å². The lowest BCUT2D eigenvalue weighted by Gasteiger charge is -2.22. The number of carbonyl (C=O) groups excluding carboxylic acids is 1. The lowest BCUT2D eigenvalue weighted by Crippen LogP contribution is -2.31. The second-order valence-electron chi connectivity index (χ2n) is 5.89. The zero-order chi connectivity index (χ0) is 14.6. The molecule has 1 rings (SSSR count). The summed E-state index contributed by atoms with van der Waals surface area (Å²) in [6.45, 7) is 4.33. The standard InChI is InChI=1S/C16H31N3O/c1-3-4-5-6-7-8-9-10-16(20)18-17-15-11-13-19(2)14-12-15/h3-14H2,1-2H3,(H,18,20). The van der Waals surface area contributed by atoms with E-state index in [1.165, 1.54) is 38.5 Å². The van der Waals surface area contributed by atoms with Gasteiger partial charge in [-0.2, -0.15) is 5.10 Å². The third-order valence-electron chi connectivity index (χ3n) is 3.91. The average molecular weight is 281 g/mol. The first-order valence-corrected chi connectivity index (χ1v) is 8.25. The van der Waals surface area contributed by atoms with Crippen molar-refractivity contribution in [2.45, 2.75) is 71.1 Å². The topological polar surface area (TPSA) is 44.7 Å². The molecule has 1 fully saturated rings. The number of piperidine rings is 1. The summed E-state index contributed by atoms with van der Waals surface area (Å²) in [5.74, 6) is 0.0741. The fourth-order valence-corrected chi connectivity index (χ4v) is 2.43. The number of unbranched alkanes of at least 4 members (excludes halogenated alkanes) is 6. The molecule has 1 heterocycles. The molecule has 0 aromatic carbocycles. The average Bonchev–Trinajstić information content (AvgIpc) is 2.46. The van der Waals surface area contributed by atoms with Gasteiger partial charge in [0.25, 0.3) is 0 Å². The van der Waals surface area contributed by atoms with Gasteiger partial charge in [0.2, 0.25) is 5.91 Å². The maximum atomic E-state index is 11.7. The van der Waals surface area contributed by atoms with Gasteiger partial charge in [0.15, 0.2) is 0 Å². The van der Waals surface area contributed by atoms with E-state index in [1.54, 1.807) is 0 Å². The number of likely N-dealkylation sites (tertiary alicyclic amines) is 1. The Labute approximate surface area is 124 Å². The zero-order valence-electron chi connectivity index (χ0n) is 13.3. The lowest BCUT2D eigenvalue weighted by molar-refractivity contribution is -0.121. The third kappa shape index (κ3) is 8.31. The number of nitrogens with zero attached hydrogens (tertiary/aromatic N) is 2. The van der Waals surface area contributed by atoms with Crippen molar-refractivity contribution in [3.63, 3.8) is 0 Å². The van der Waals surface area contributed by atoms with Gasteiger partial charge in [-0.05, 0) is 13.5 Å². The molecule has 1 saturated heterocycles. The fraction of sp³-hybridized carbons (Fsp3) is 0.875. The van der Waals surface area contributed by atoms with E-state index in [2.05, 4.69) is 29.4 Å². The second-order valence-corrected chi connectivity index (χ2v) is 5.89. The van der Waals surface area contributed by atoms with Crippen molar-refractivity contribution >= 4 is 11.6 Å². The highest BCUT2D eigenvalue weighted by Crippen LogP contribution is 2.08. The lowest BCUT2D eigenvalue weighted by atomic mass is 10.1. The van der Waals surface area contributed by atoms with Crippen LogP contribution < -0.4 is 5.43 Å². The maximum Gasteiger partial charge on any atom is 0.240 e. The molecule has 20 heavy (non-hydrogen) atoms. The Morgan fingerprint density at radius 2 is 1.70 bits per heavy atom. The van der Waals surface area contributed by atoms with E-state index in [9.17, 15) is 4.79 Å². The van der Waals surface area contributed by atoms with Crippen LogP contribution in [0.4, 0.5) is 0 Å². The molecule has 1 aliphatic rings. The van der Waals surface area contributed by atoms with Crippen LogP contribution in [0.5, 0.6) is 0 Å². The Hall–Kier alpha value is -0.900. The smallest absolute Gasteiger partial charge is 0.240 e. The largest absolute Gasteiger partial charge is 0.306 e. The van der Waals surface area contributed by atoms with Crippen LogP contribution in [0.25, 0.3) is 0 Å². The van der Waals surface area contributed by atoms with Crippen molar-refractivity contribution in [1.29, 1.82) is 0 Å². The van der Waals surface area contributed by atoms with Crippen molar-refractivity contribution in [3.05, 3.63) is 0 Å². The van der Waals surface area contributed by atoms with E-state index in [1.807, 2.05) is 0 Å². The molecule has 0 aliphatic carbocycles. The minimum atomic E-state index is 0.0741. The second kappa shape index (κ2) is 10.8. The minimum Gasteiger partial charge on any atom is -0.306 e. The summed E-state index contributed by atoms with van der Waals surface area (Å²) in [7, 11) is 2.12. The summed E-state index contributed by atoms with van der Waals surface area (Å²) in [6, 6.07) is 0. The molecule has 1 N–H and O–H groups in total. The molecule has 0 unspecified atom stereocenters. The molecule has 0 aromatic heterocycles. The quantitative estimate of drug-likeness (QED) is 0.520. The number of nitrogens with one attached hydrogen (secondary N) is 1. The summed E-state index contributed by atoms with van der Waals surface area (Å²) < 4.78 is 0. The molecule has 0 aromatic rings. The monoisotopic (exact) mass is 281 g/mol. The van der Waals surface area contributed by atoms with Gasteiger partial charge >= 0.3 is 0 Å². The zero-order valence-corrected chi connectivity index (χ0v) is 13.3. The first kappa shape index (κ1) is 17.2. The summed E-state index contributed by atoms with van der Waals surface area (Å²) >= 11 is 0. The van der Waals surface area contributed by atoms with Crippen LogP contribution in [0.3, 0.4) is 0 Å². The molecular formula is C16H31N3O. The molecule has 0 spiro atoms. The number of rotatable bonds is 9. The van der Waals surface area contributed by atoms with Gasteiger partial charge in [-0.25, -0.2) is 5.43 Å². The molecule has 0 radical (unpaired) electrons. The normalized spacial score (nSPS) is 16.2. The van der Waals surface area contributed by atoms with Gasteiger partial charge in [-0.1, -0.05) is 45.4 Å². The predicted molar refractivity (Wildman–Crippen MR) is 84.9 cm³/mol. The molecule has 4 heteroatoms. The number of hydrogen-bond acceptors (Lipinski definition) is 3. The van der Waals surface area contributed by atoms with Crippen LogP contribution in [0.15, 0.2) is 5.10 Å². The van der Waals surface area contributed by atoms with Crippen molar-refractivity contribution in [2.75, 3.05) is 20.1 Å². The van der Waals surface area contributed by atoms with Gasteiger partial charge in [0.1, 0.15) is 0 Å². The minimum absolute atomic E-state index is 0.0741. The summed E-state index contributed by atoms with van der Waals surface area (Å²) in [6.07, 6.45) is 11.3. The Bertz CT molecular complexity index is 292. The van der Waals surface area contributed by atoms with E-state index in [4.69, 9.17) is 0 Å². The Morgan fingerprint density at radius 1 is 1.10 bits per heavy atom. The molecule has 116 valence electrons. The Morgan fingerprint density at radius 3 is 2.35 bits per heavy atom. The van der Waals surface area contributed by atoms with Gasteiger partial charge in [0, 0.05) is 38.1 Å². The van der Waals surface area contributed by atoms with Crippen molar-refractivity contribution in [2.24, 2.45) is 5.10 Å². The van der Waals surface area contributed by atoms with Gasteiger partial charge < -0.3 is 4.90 Å². The predicted octanol–water partition coefficient (Wildman–Crippen LogP) is 3.32. The van der Waals surface area contributed by atoms with Crippen LogP contribution in [0.2, 0.25) is 0 Å². The number of hydrogen-bond donors (Lipinski definition) is 1. The van der Waals surface area contributed by atoms with Crippen molar-refractivity contribution in [3.8, 4) is 0 Å².